The quantitative estimate of drug-likeness (QED) is 0.637. The molecule has 2 aliphatic rings. The third-order valence-electron chi connectivity index (χ3n) is 3.84. The largest absolute Gasteiger partial charge is 0.497 e. The molecule has 1 aliphatic heterocycles. The topological polar surface area (TPSA) is 70.8 Å². The Morgan fingerprint density at radius 2 is 1.84 bits per heavy atom. The highest BCUT2D eigenvalue weighted by atomic mass is 16.6. The van der Waals surface area contributed by atoms with Crippen molar-refractivity contribution >= 4 is 5.97 Å². The van der Waals surface area contributed by atoms with Crippen molar-refractivity contribution in [3.63, 3.8) is 0 Å². The van der Waals surface area contributed by atoms with E-state index in [9.17, 15) is 4.79 Å². The summed E-state index contributed by atoms with van der Waals surface area (Å²) >= 11 is 0. The van der Waals surface area contributed by atoms with Gasteiger partial charge in [-0.25, -0.2) is 4.79 Å². The fourth-order valence-electron chi connectivity index (χ4n) is 2.69. The predicted molar refractivity (Wildman–Crippen MR) is 92.0 cm³/mol. The van der Waals surface area contributed by atoms with Crippen LogP contribution in [0.2, 0.25) is 0 Å². The van der Waals surface area contributed by atoms with E-state index in [1.54, 1.807) is 14.0 Å². The summed E-state index contributed by atoms with van der Waals surface area (Å²) in [4.78, 5) is 11.5. The molecule has 1 aromatic rings. The number of hydrogen-bond acceptors (Lipinski definition) is 6. The van der Waals surface area contributed by atoms with E-state index in [0.717, 1.165) is 28.0 Å². The Morgan fingerprint density at radius 3 is 2.52 bits per heavy atom. The van der Waals surface area contributed by atoms with E-state index in [2.05, 4.69) is 5.16 Å². The molecule has 130 valence electrons. The minimum Gasteiger partial charge on any atom is -0.497 e. The summed E-state index contributed by atoms with van der Waals surface area (Å²) in [6.07, 6.45) is 0. The lowest BCUT2D eigenvalue weighted by Crippen LogP contribution is -2.15. The Labute approximate surface area is 145 Å². The molecule has 1 aromatic carbocycles. The van der Waals surface area contributed by atoms with Gasteiger partial charge in [0.05, 0.1) is 19.3 Å². The van der Waals surface area contributed by atoms with Crippen LogP contribution in [0.5, 0.6) is 11.6 Å². The molecule has 0 radical (unpaired) electrons. The maximum atomic E-state index is 11.5. The molecule has 6 heteroatoms. The van der Waals surface area contributed by atoms with Crippen molar-refractivity contribution in [1.82, 2.24) is 5.16 Å². The molecule has 0 unspecified atom stereocenters. The third kappa shape index (κ3) is 3.42. The molecule has 1 aliphatic carbocycles. The highest BCUT2D eigenvalue weighted by Gasteiger charge is 2.22. The Kier molecular flexibility index (Phi) is 4.88. The summed E-state index contributed by atoms with van der Waals surface area (Å²) in [5.74, 6) is 1.30. The van der Waals surface area contributed by atoms with E-state index < -0.39 is 5.97 Å². The number of nitrogens with zero attached hydrogens (tertiary/aromatic N) is 1. The van der Waals surface area contributed by atoms with Crippen LogP contribution in [0, 0.1) is 6.92 Å². The second-order valence-electron chi connectivity index (χ2n) is 5.40. The first-order chi connectivity index (χ1) is 12.1. The van der Waals surface area contributed by atoms with Crippen molar-refractivity contribution in [3.05, 3.63) is 42.2 Å². The second-order valence-corrected chi connectivity index (χ2v) is 5.40. The van der Waals surface area contributed by atoms with Crippen molar-refractivity contribution in [3.8, 4) is 33.9 Å². The Hall–Kier alpha value is -3.02. The van der Waals surface area contributed by atoms with Gasteiger partial charge in [-0.05, 0) is 48.3 Å². The third-order valence-corrected chi connectivity index (χ3v) is 3.84. The van der Waals surface area contributed by atoms with Gasteiger partial charge in [-0.3, -0.25) is 0 Å². The molecule has 0 saturated heterocycles. The summed E-state index contributed by atoms with van der Waals surface area (Å²) in [5.41, 5.74) is 3.72. The van der Waals surface area contributed by atoms with Gasteiger partial charge in [0.15, 0.2) is 6.61 Å². The van der Waals surface area contributed by atoms with E-state index in [1.807, 2.05) is 43.3 Å². The van der Waals surface area contributed by atoms with Crippen LogP contribution in [0.3, 0.4) is 0 Å². The van der Waals surface area contributed by atoms with Gasteiger partial charge in [-0.15, -0.1) is 0 Å². The zero-order valence-electron chi connectivity index (χ0n) is 14.4. The fraction of sp³-hybridized carbons (Fsp3) is 0.263. The number of aromatic nitrogens is 1. The van der Waals surface area contributed by atoms with Gasteiger partial charge >= 0.3 is 5.97 Å². The van der Waals surface area contributed by atoms with Crippen molar-refractivity contribution in [2.45, 2.75) is 13.8 Å². The number of benzene rings is 1. The van der Waals surface area contributed by atoms with Crippen molar-refractivity contribution in [2.75, 3.05) is 20.3 Å². The lowest BCUT2D eigenvalue weighted by atomic mass is 10.0. The van der Waals surface area contributed by atoms with Gasteiger partial charge in [-0.2, -0.15) is 0 Å². The monoisotopic (exact) mass is 341 g/mol. The average molecular weight is 341 g/mol. The van der Waals surface area contributed by atoms with Crippen LogP contribution in [0.1, 0.15) is 12.7 Å². The minimum absolute atomic E-state index is 0.211. The van der Waals surface area contributed by atoms with Crippen LogP contribution in [0.4, 0.5) is 0 Å². The van der Waals surface area contributed by atoms with E-state index >= 15 is 0 Å². The summed E-state index contributed by atoms with van der Waals surface area (Å²) in [5, 5.41) is 3.95. The maximum absolute atomic E-state index is 11.5. The van der Waals surface area contributed by atoms with E-state index in [-0.39, 0.29) is 12.5 Å². The number of fused-ring (bicyclic) bond motifs is 1. The molecule has 0 saturated carbocycles. The van der Waals surface area contributed by atoms with E-state index in [0.29, 0.717) is 12.4 Å². The Morgan fingerprint density at radius 1 is 1.12 bits per heavy atom. The molecular formula is C19H19NO5. The molecule has 0 N–H and O–H groups in total. The molecular weight excluding hydrogens is 322 g/mol. The second kappa shape index (κ2) is 7.25. The van der Waals surface area contributed by atoms with Crippen LogP contribution in [-0.2, 0) is 9.53 Å². The zero-order valence-corrected chi connectivity index (χ0v) is 14.4. The highest BCUT2D eigenvalue weighted by Crippen LogP contribution is 2.42. The maximum Gasteiger partial charge on any atom is 0.344 e. The van der Waals surface area contributed by atoms with Gasteiger partial charge in [0, 0.05) is 5.56 Å². The van der Waals surface area contributed by atoms with Crippen molar-refractivity contribution in [1.29, 1.82) is 0 Å². The van der Waals surface area contributed by atoms with Crippen LogP contribution in [0.25, 0.3) is 22.3 Å². The Balaban J connectivity index is 1.91. The van der Waals surface area contributed by atoms with Crippen LogP contribution < -0.4 is 9.47 Å². The molecule has 0 atom stereocenters. The smallest absolute Gasteiger partial charge is 0.344 e. The molecule has 0 fully saturated rings. The average Bonchev–Trinajstić information content (AvgIpc) is 3.08. The number of carbonyl (C=O) groups excluding carboxylic acids is 1. The van der Waals surface area contributed by atoms with E-state index in [4.69, 9.17) is 18.7 Å². The first-order valence-electron chi connectivity index (χ1n) is 7.96. The number of hydrogen-bond donors (Lipinski definition) is 0. The number of aryl methyl sites for hydroxylation is 1. The van der Waals surface area contributed by atoms with E-state index in [1.165, 1.54) is 0 Å². The van der Waals surface area contributed by atoms with Crippen LogP contribution in [-0.4, -0.2) is 31.4 Å². The normalized spacial score (nSPS) is 10.7. The van der Waals surface area contributed by atoms with Gasteiger partial charge in [0.25, 0.3) is 5.88 Å². The lowest BCUT2D eigenvalue weighted by molar-refractivity contribution is -0.145. The first-order valence-corrected chi connectivity index (χ1v) is 7.96. The van der Waals surface area contributed by atoms with Gasteiger partial charge in [0.2, 0.25) is 0 Å². The van der Waals surface area contributed by atoms with Crippen molar-refractivity contribution in [2.24, 2.45) is 0 Å². The number of carbonyl (C=O) groups is 1. The molecule has 1 heterocycles. The minimum atomic E-state index is -0.444. The van der Waals surface area contributed by atoms with Crippen LogP contribution >= 0.6 is 0 Å². The summed E-state index contributed by atoms with van der Waals surface area (Å²) in [6, 6.07) is 11.7. The first kappa shape index (κ1) is 16.8. The Bertz CT molecular complexity index is 838. The molecule has 3 rings (SSSR count). The lowest BCUT2D eigenvalue weighted by Gasteiger charge is -2.11. The number of ether oxygens (including phenoxy) is 3. The standard InChI is InChI=1S/C19H19NO5/c1-4-23-17(21)11-24-19-16-10-9-15(18(16)12(2)25-20-19)13-5-7-14(22-3)8-6-13/h5-10H,4,11H2,1-3H3. The van der Waals surface area contributed by atoms with Gasteiger partial charge < -0.3 is 18.7 Å². The van der Waals surface area contributed by atoms with Crippen molar-refractivity contribution < 1.29 is 23.5 Å². The fourth-order valence-corrected chi connectivity index (χ4v) is 2.69. The predicted octanol–water partition coefficient (Wildman–Crippen LogP) is 3.71. The summed E-state index contributed by atoms with van der Waals surface area (Å²) in [6.45, 7) is 3.68. The highest BCUT2D eigenvalue weighted by molar-refractivity contribution is 5.89. The number of methoxy groups -OCH3 is 1. The van der Waals surface area contributed by atoms with Gasteiger partial charge in [0.1, 0.15) is 11.5 Å². The summed E-state index contributed by atoms with van der Waals surface area (Å²) in [7, 11) is 1.63. The number of esters is 1. The molecule has 0 aromatic heterocycles. The molecule has 6 nitrogen and oxygen atoms in total. The molecule has 0 bridgehead atoms. The SMILES string of the molecule is CCOC(=O)COc1noc(C)c2c(-c3ccc(OC)cc3)ccc1-2. The number of rotatable bonds is 6. The van der Waals surface area contributed by atoms with Crippen LogP contribution in [0.15, 0.2) is 40.9 Å². The zero-order chi connectivity index (χ0) is 17.8. The molecule has 0 spiro atoms. The van der Waals surface area contributed by atoms with Gasteiger partial charge in [-0.1, -0.05) is 18.2 Å². The molecule has 25 heavy (non-hydrogen) atoms. The molecule has 0 amide bonds. The summed E-state index contributed by atoms with van der Waals surface area (Å²) < 4.78 is 20.9.